The first-order valence-electron chi connectivity index (χ1n) is 9.47. The highest BCUT2D eigenvalue weighted by Crippen LogP contribution is 2.29. The molecule has 158 valence electrons. The summed E-state index contributed by atoms with van der Waals surface area (Å²) in [4.78, 5) is 38.7. The number of rotatable bonds is 7. The lowest BCUT2D eigenvalue weighted by Crippen LogP contribution is -2.43. The van der Waals surface area contributed by atoms with E-state index < -0.39 is 23.4 Å². The third kappa shape index (κ3) is 4.07. The molecule has 4 amide bonds. The van der Waals surface area contributed by atoms with Gasteiger partial charge in [0.15, 0.2) is 0 Å². The molecule has 2 aromatic carbocycles. The van der Waals surface area contributed by atoms with Crippen molar-refractivity contribution in [2.75, 3.05) is 20.8 Å². The maximum Gasteiger partial charge on any atom is 0.325 e. The van der Waals surface area contributed by atoms with Gasteiger partial charge in [-0.05, 0) is 37.6 Å². The summed E-state index contributed by atoms with van der Waals surface area (Å²) in [5.41, 5.74) is 1.21. The fourth-order valence-electron chi connectivity index (χ4n) is 3.34. The van der Waals surface area contributed by atoms with Crippen LogP contribution in [0.25, 0.3) is 0 Å². The lowest BCUT2D eigenvalue weighted by molar-refractivity contribution is -0.134. The number of benzene rings is 2. The van der Waals surface area contributed by atoms with Crippen LogP contribution in [-0.4, -0.2) is 43.5 Å². The number of nitrogens with zero attached hydrogens (tertiary/aromatic N) is 1. The zero-order chi connectivity index (χ0) is 21.9. The zero-order valence-electron chi connectivity index (χ0n) is 17.4. The Morgan fingerprint density at radius 3 is 2.43 bits per heavy atom. The third-order valence-corrected chi connectivity index (χ3v) is 5.17. The first kappa shape index (κ1) is 21.2. The second-order valence-electron chi connectivity index (χ2n) is 7.27. The molecule has 30 heavy (non-hydrogen) atoms. The molecule has 0 bridgehead atoms. The summed E-state index contributed by atoms with van der Waals surface area (Å²) in [7, 11) is 3.08. The van der Waals surface area contributed by atoms with Crippen molar-refractivity contribution < 1.29 is 23.9 Å². The number of nitrogens with one attached hydrogen (secondary N) is 2. The van der Waals surface area contributed by atoms with Crippen LogP contribution in [0.3, 0.4) is 0 Å². The standard InChI is InChI=1S/C22H25N3O5/c1-14-5-7-16(8-6-14)22(2)20(27)25(21(28)24-22)13-19(26)23-12-15-11-17(29-3)9-10-18(15)30-4/h5-11H,12-13H2,1-4H3,(H,23,26)(H,24,28). The summed E-state index contributed by atoms with van der Waals surface area (Å²) in [6.45, 7) is 3.36. The van der Waals surface area contributed by atoms with Gasteiger partial charge in [-0.15, -0.1) is 0 Å². The summed E-state index contributed by atoms with van der Waals surface area (Å²) in [5, 5.41) is 5.42. The Morgan fingerprint density at radius 1 is 1.10 bits per heavy atom. The molecule has 8 heteroatoms. The predicted octanol–water partition coefficient (Wildman–Crippen LogP) is 2.10. The van der Waals surface area contributed by atoms with E-state index in [2.05, 4.69) is 10.6 Å². The number of imide groups is 1. The van der Waals surface area contributed by atoms with Gasteiger partial charge in [0.05, 0.1) is 14.2 Å². The van der Waals surface area contributed by atoms with Crippen molar-refractivity contribution in [1.29, 1.82) is 0 Å². The minimum Gasteiger partial charge on any atom is -0.497 e. The lowest BCUT2D eigenvalue weighted by Gasteiger charge is -2.22. The Kier molecular flexibility index (Phi) is 5.96. The van der Waals surface area contributed by atoms with E-state index in [4.69, 9.17) is 9.47 Å². The van der Waals surface area contributed by atoms with Crippen LogP contribution in [0.2, 0.25) is 0 Å². The monoisotopic (exact) mass is 411 g/mol. The molecule has 0 radical (unpaired) electrons. The molecule has 2 aromatic rings. The number of hydrogen-bond donors (Lipinski definition) is 2. The second kappa shape index (κ2) is 8.44. The Balaban J connectivity index is 1.68. The molecular formula is C22H25N3O5. The van der Waals surface area contributed by atoms with Crippen LogP contribution in [0.4, 0.5) is 4.79 Å². The molecule has 8 nitrogen and oxygen atoms in total. The number of urea groups is 1. The van der Waals surface area contributed by atoms with Gasteiger partial charge in [-0.2, -0.15) is 0 Å². The van der Waals surface area contributed by atoms with Crippen LogP contribution in [0, 0.1) is 6.92 Å². The first-order chi connectivity index (χ1) is 14.3. The molecular weight excluding hydrogens is 386 g/mol. The van der Waals surface area contributed by atoms with Crippen LogP contribution in [0.1, 0.15) is 23.6 Å². The Bertz CT molecular complexity index is 973. The zero-order valence-corrected chi connectivity index (χ0v) is 17.4. The van der Waals surface area contributed by atoms with Gasteiger partial charge in [-0.1, -0.05) is 29.8 Å². The average Bonchev–Trinajstić information content (AvgIpc) is 2.96. The molecule has 0 saturated carbocycles. The lowest BCUT2D eigenvalue weighted by atomic mass is 9.91. The highest BCUT2D eigenvalue weighted by atomic mass is 16.5. The smallest absolute Gasteiger partial charge is 0.325 e. The highest BCUT2D eigenvalue weighted by Gasteiger charge is 2.49. The summed E-state index contributed by atoms with van der Waals surface area (Å²) >= 11 is 0. The summed E-state index contributed by atoms with van der Waals surface area (Å²) in [6.07, 6.45) is 0. The van der Waals surface area contributed by atoms with E-state index in [-0.39, 0.29) is 13.1 Å². The van der Waals surface area contributed by atoms with E-state index in [1.54, 1.807) is 44.4 Å². The summed E-state index contributed by atoms with van der Waals surface area (Å²) < 4.78 is 10.5. The van der Waals surface area contributed by atoms with Crippen molar-refractivity contribution in [1.82, 2.24) is 15.5 Å². The van der Waals surface area contributed by atoms with Gasteiger partial charge < -0.3 is 20.1 Å². The number of ether oxygens (including phenoxy) is 2. The Hall–Kier alpha value is -3.55. The molecule has 0 aromatic heterocycles. The molecule has 1 saturated heterocycles. The van der Waals surface area contributed by atoms with Gasteiger partial charge in [0.25, 0.3) is 5.91 Å². The number of amides is 4. The molecule has 1 aliphatic rings. The van der Waals surface area contributed by atoms with Crippen molar-refractivity contribution in [3.8, 4) is 11.5 Å². The van der Waals surface area contributed by atoms with E-state index in [0.717, 1.165) is 10.5 Å². The van der Waals surface area contributed by atoms with Crippen LogP contribution < -0.4 is 20.1 Å². The highest BCUT2D eigenvalue weighted by molar-refractivity contribution is 6.09. The minimum absolute atomic E-state index is 0.165. The number of carbonyl (C=O) groups is 3. The second-order valence-corrected chi connectivity index (χ2v) is 7.27. The van der Waals surface area contributed by atoms with Crippen LogP contribution in [0.15, 0.2) is 42.5 Å². The molecule has 2 N–H and O–H groups in total. The normalized spacial score (nSPS) is 18.2. The van der Waals surface area contributed by atoms with Gasteiger partial charge in [0.2, 0.25) is 5.91 Å². The maximum absolute atomic E-state index is 12.9. The first-order valence-corrected chi connectivity index (χ1v) is 9.47. The molecule has 0 spiro atoms. The number of hydrogen-bond acceptors (Lipinski definition) is 5. The van der Waals surface area contributed by atoms with Crippen LogP contribution in [-0.2, 0) is 21.7 Å². The van der Waals surface area contributed by atoms with Crippen molar-refractivity contribution in [3.05, 3.63) is 59.2 Å². The van der Waals surface area contributed by atoms with Gasteiger partial charge in [-0.25, -0.2) is 4.79 Å². The van der Waals surface area contributed by atoms with Crippen molar-refractivity contribution in [2.24, 2.45) is 0 Å². The molecule has 1 atom stereocenters. The van der Waals surface area contributed by atoms with Gasteiger partial charge in [-0.3, -0.25) is 14.5 Å². The average molecular weight is 411 g/mol. The van der Waals surface area contributed by atoms with Crippen LogP contribution in [0.5, 0.6) is 11.5 Å². The molecule has 1 heterocycles. The van der Waals surface area contributed by atoms with Gasteiger partial charge in [0.1, 0.15) is 23.6 Å². The quantitative estimate of drug-likeness (QED) is 0.680. The predicted molar refractivity (Wildman–Crippen MR) is 110 cm³/mol. The maximum atomic E-state index is 12.9. The van der Waals surface area contributed by atoms with Crippen molar-refractivity contribution in [2.45, 2.75) is 25.9 Å². The third-order valence-electron chi connectivity index (χ3n) is 5.17. The molecule has 0 aliphatic carbocycles. The van der Waals surface area contributed by atoms with Crippen molar-refractivity contribution >= 4 is 17.8 Å². The van der Waals surface area contributed by atoms with E-state index >= 15 is 0 Å². The Morgan fingerprint density at radius 2 is 1.80 bits per heavy atom. The molecule has 3 rings (SSSR count). The summed E-state index contributed by atoms with van der Waals surface area (Å²) in [6, 6.07) is 12.0. The topological polar surface area (TPSA) is 97.0 Å². The van der Waals surface area contributed by atoms with Gasteiger partial charge >= 0.3 is 6.03 Å². The fourth-order valence-corrected chi connectivity index (χ4v) is 3.34. The SMILES string of the molecule is COc1ccc(OC)c(CNC(=O)CN2C(=O)NC(C)(c3ccc(C)cc3)C2=O)c1. The van der Waals surface area contributed by atoms with E-state index in [1.165, 1.54) is 7.11 Å². The van der Waals surface area contributed by atoms with E-state index in [1.807, 2.05) is 19.1 Å². The summed E-state index contributed by atoms with van der Waals surface area (Å²) in [5.74, 6) is 0.294. The molecule has 1 aliphatic heterocycles. The number of carbonyl (C=O) groups excluding carboxylic acids is 3. The minimum atomic E-state index is -1.21. The van der Waals surface area contributed by atoms with Crippen LogP contribution >= 0.6 is 0 Å². The Labute approximate surface area is 175 Å². The molecule has 1 fully saturated rings. The fraction of sp³-hybridized carbons (Fsp3) is 0.318. The number of methoxy groups -OCH3 is 2. The molecule has 1 unspecified atom stereocenters. The largest absolute Gasteiger partial charge is 0.497 e. The number of aryl methyl sites for hydroxylation is 1. The van der Waals surface area contributed by atoms with E-state index in [9.17, 15) is 14.4 Å². The van der Waals surface area contributed by atoms with Gasteiger partial charge in [0, 0.05) is 12.1 Å². The van der Waals surface area contributed by atoms with E-state index in [0.29, 0.717) is 22.6 Å². The van der Waals surface area contributed by atoms with Crippen molar-refractivity contribution in [3.63, 3.8) is 0 Å².